The third kappa shape index (κ3) is 9.42. The van der Waals surface area contributed by atoms with Crippen LogP contribution in [0.3, 0.4) is 0 Å². The Bertz CT molecular complexity index is 1300. The fourth-order valence-corrected chi connectivity index (χ4v) is 12.5. The molecule has 4 N–H and O–H groups in total. The van der Waals surface area contributed by atoms with Crippen molar-refractivity contribution in [3.63, 3.8) is 0 Å². The zero-order valence-electron chi connectivity index (χ0n) is 35.0. The molecule has 0 spiro atoms. The molecule has 0 aromatic heterocycles. The van der Waals surface area contributed by atoms with Crippen LogP contribution in [0.2, 0.25) is 0 Å². The zero-order valence-corrected chi connectivity index (χ0v) is 35.0. The van der Waals surface area contributed by atoms with Gasteiger partial charge in [-0.15, -0.1) is 0 Å². The Morgan fingerprint density at radius 2 is 1.69 bits per heavy atom. The summed E-state index contributed by atoms with van der Waals surface area (Å²) in [6, 6.07) is -0.645. The number of carbonyl (C=O) groups excluding carboxylic acids is 3. The Kier molecular flexibility index (Phi) is 14.3. The largest absolute Gasteiger partial charge is 0.464 e. The lowest BCUT2D eigenvalue weighted by Crippen LogP contribution is -2.62. The van der Waals surface area contributed by atoms with Gasteiger partial charge in [-0.25, -0.2) is 0 Å². The Morgan fingerprint density at radius 1 is 0.945 bits per heavy atom. The number of hydrogen-bond acceptors (Lipinski definition) is 9. The van der Waals surface area contributed by atoms with E-state index in [1.54, 1.807) is 19.1 Å². The molecule has 6 aliphatic carbocycles. The molecule has 314 valence electrons. The second-order valence-corrected chi connectivity index (χ2v) is 19.9. The number of aliphatic hydroxyl groups excluding tert-OH is 2. The molecule has 7 aliphatic rings. The summed E-state index contributed by atoms with van der Waals surface area (Å²) >= 11 is 0. The van der Waals surface area contributed by atoms with E-state index in [1.165, 1.54) is 25.7 Å². The minimum absolute atomic E-state index is 0.0574. The van der Waals surface area contributed by atoms with Crippen LogP contribution in [-0.2, 0) is 28.7 Å². The summed E-state index contributed by atoms with van der Waals surface area (Å²) in [4.78, 5) is 47.0. The first-order valence-corrected chi connectivity index (χ1v) is 22.2. The van der Waals surface area contributed by atoms with Gasteiger partial charge in [0.25, 0.3) is 0 Å². The maximum atomic E-state index is 14.3. The summed E-state index contributed by atoms with van der Waals surface area (Å²) in [5.41, 5.74) is 0.305. The number of nitrogens with zero attached hydrogens (tertiary/aromatic N) is 1. The minimum Gasteiger partial charge on any atom is -0.464 e. The van der Waals surface area contributed by atoms with Crippen LogP contribution in [0.15, 0.2) is 0 Å². The molecule has 7 fully saturated rings. The molecule has 11 nitrogen and oxygen atoms in total. The highest BCUT2D eigenvalue weighted by atomic mass is 16.7. The van der Waals surface area contributed by atoms with Crippen LogP contribution in [-0.4, -0.2) is 96.9 Å². The van der Waals surface area contributed by atoms with E-state index < -0.39 is 24.2 Å². The predicted octanol–water partition coefficient (Wildman–Crippen LogP) is 5.51. The van der Waals surface area contributed by atoms with Gasteiger partial charge < -0.3 is 30.3 Å². The first kappa shape index (κ1) is 42.8. The average molecular weight is 774 g/mol. The number of fused-ring (bicyclic) bond motifs is 2. The first-order valence-electron chi connectivity index (χ1n) is 22.2. The summed E-state index contributed by atoms with van der Waals surface area (Å²) in [5, 5.41) is 29.5. The molecule has 0 aromatic rings. The number of amides is 2. The number of carbonyl (C=O) groups is 3. The number of hydrogen-bond donors (Lipinski definition) is 4. The van der Waals surface area contributed by atoms with Crippen LogP contribution < -0.4 is 10.6 Å². The molecule has 14 atom stereocenters. The van der Waals surface area contributed by atoms with Gasteiger partial charge in [-0.3, -0.25) is 19.2 Å². The van der Waals surface area contributed by atoms with Crippen molar-refractivity contribution < 1.29 is 38.9 Å². The third-order valence-electron chi connectivity index (χ3n) is 16.1. The molecule has 6 unspecified atom stereocenters. The van der Waals surface area contributed by atoms with Gasteiger partial charge in [0.15, 0.2) is 0 Å². The topological polar surface area (TPSA) is 147 Å². The molecule has 1 aliphatic heterocycles. The van der Waals surface area contributed by atoms with Crippen molar-refractivity contribution in [2.45, 2.75) is 155 Å². The molecule has 2 amide bonds. The third-order valence-corrected chi connectivity index (χ3v) is 16.1. The summed E-state index contributed by atoms with van der Waals surface area (Å²) in [7, 11) is 1.78. The van der Waals surface area contributed by atoms with Gasteiger partial charge in [0.2, 0.25) is 11.8 Å². The molecule has 6 saturated carbocycles. The van der Waals surface area contributed by atoms with E-state index >= 15 is 0 Å². The first-order chi connectivity index (χ1) is 26.2. The molecule has 55 heavy (non-hydrogen) atoms. The smallest absolute Gasteiger partial charge is 0.325 e. The molecule has 0 aromatic carbocycles. The zero-order chi connectivity index (χ0) is 39.6. The van der Waals surface area contributed by atoms with Crippen LogP contribution in [0.1, 0.15) is 125 Å². The second kappa shape index (κ2) is 18.4. The van der Waals surface area contributed by atoms with E-state index in [1.807, 2.05) is 0 Å². The SMILES string of the molecule is COC1C(CN2O[C@@H](CO)[C@H]([C@H](C)O)[C@H]2C(=O)N[C@H]2C[C@H]3C[C@@H]([C@@H]2C)C3(C)C)CCCC1C1CC(C(=O)NCC(=O)OCC2CCCCC2)CC(C(C)C)C1. The van der Waals surface area contributed by atoms with Crippen LogP contribution in [0.4, 0.5) is 0 Å². The van der Waals surface area contributed by atoms with Gasteiger partial charge in [0.05, 0.1) is 25.4 Å². The Balaban J connectivity index is 1.11. The minimum atomic E-state index is -0.844. The summed E-state index contributed by atoms with van der Waals surface area (Å²) < 4.78 is 11.9. The predicted molar refractivity (Wildman–Crippen MR) is 210 cm³/mol. The lowest BCUT2D eigenvalue weighted by molar-refractivity contribution is -0.193. The quantitative estimate of drug-likeness (QED) is 0.168. The van der Waals surface area contributed by atoms with Crippen molar-refractivity contribution in [2.24, 2.45) is 70.5 Å². The van der Waals surface area contributed by atoms with E-state index in [-0.39, 0.29) is 66.8 Å². The molecule has 0 radical (unpaired) electrons. The maximum Gasteiger partial charge on any atom is 0.325 e. The number of nitrogens with one attached hydrogen (secondary N) is 2. The number of aliphatic hydroxyl groups is 2. The highest BCUT2D eigenvalue weighted by Gasteiger charge is 2.58. The van der Waals surface area contributed by atoms with Crippen molar-refractivity contribution in [1.82, 2.24) is 15.7 Å². The van der Waals surface area contributed by atoms with Crippen molar-refractivity contribution in [2.75, 3.05) is 33.4 Å². The molecule has 7 rings (SSSR count). The summed E-state index contributed by atoms with van der Waals surface area (Å²) in [6.07, 6.45) is 12.0. The lowest BCUT2D eigenvalue weighted by atomic mass is 9.45. The van der Waals surface area contributed by atoms with Gasteiger partial charge in [0.1, 0.15) is 18.7 Å². The second-order valence-electron chi connectivity index (χ2n) is 19.9. The van der Waals surface area contributed by atoms with Crippen molar-refractivity contribution in [1.29, 1.82) is 0 Å². The molecule has 2 bridgehead atoms. The fraction of sp³-hybridized carbons (Fsp3) is 0.932. The highest BCUT2D eigenvalue weighted by Crippen LogP contribution is 2.61. The van der Waals surface area contributed by atoms with E-state index in [0.29, 0.717) is 54.1 Å². The van der Waals surface area contributed by atoms with Crippen LogP contribution in [0, 0.1) is 70.5 Å². The fourth-order valence-electron chi connectivity index (χ4n) is 12.5. The van der Waals surface area contributed by atoms with Crippen LogP contribution in [0.25, 0.3) is 0 Å². The van der Waals surface area contributed by atoms with Gasteiger partial charge in [0, 0.05) is 37.5 Å². The van der Waals surface area contributed by atoms with E-state index in [0.717, 1.165) is 57.8 Å². The normalized spacial score (nSPS) is 39.9. The van der Waals surface area contributed by atoms with Gasteiger partial charge in [-0.2, -0.15) is 5.06 Å². The lowest BCUT2D eigenvalue weighted by Gasteiger charge is -2.62. The number of ether oxygens (including phenoxy) is 2. The average Bonchev–Trinajstić information content (AvgIpc) is 3.55. The molecular weight excluding hydrogens is 698 g/mol. The monoisotopic (exact) mass is 774 g/mol. The van der Waals surface area contributed by atoms with Gasteiger partial charge in [-0.05, 0) is 117 Å². The number of esters is 1. The van der Waals surface area contributed by atoms with E-state index in [9.17, 15) is 24.6 Å². The standard InChI is InChI=1S/C44H75N3O8/c1-25(2)30-16-31(18-32(17-30)42(51)45-21-38(50)54-24-28-12-9-8-10-13-28)34-15-11-14-29(41(34)53-7)22-47-40(39(27(4)49)37(23-48)55-47)43(52)46-36-20-33-19-35(26(36)3)44(33,5)6/h25-37,39-41,48-49H,8-24H2,1-7H3,(H,45,51)(H,46,52)/t26-,27-,29?,30?,31?,32?,33+,34?,35-,36-,37-,39-,40-,41?/m0/s1. The van der Waals surface area contributed by atoms with Gasteiger partial charge in [-0.1, -0.05) is 60.3 Å². The summed E-state index contributed by atoms with van der Waals surface area (Å²) in [5.74, 6) is 2.09. The van der Waals surface area contributed by atoms with Crippen LogP contribution in [0.5, 0.6) is 0 Å². The highest BCUT2D eigenvalue weighted by molar-refractivity contribution is 5.84. The molecule has 1 saturated heterocycles. The Morgan fingerprint density at radius 3 is 2.33 bits per heavy atom. The molecule has 11 heteroatoms. The number of methoxy groups -OCH3 is 1. The number of rotatable bonds is 14. The van der Waals surface area contributed by atoms with E-state index in [2.05, 4.69) is 45.3 Å². The molecular formula is C44H75N3O8. The Hall–Kier alpha value is -1.79. The maximum absolute atomic E-state index is 14.3. The van der Waals surface area contributed by atoms with Crippen LogP contribution >= 0.6 is 0 Å². The van der Waals surface area contributed by atoms with E-state index in [4.69, 9.17) is 14.3 Å². The van der Waals surface area contributed by atoms with Gasteiger partial charge >= 0.3 is 5.97 Å². The van der Waals surface area contributed by atoms with Crippen molar-refractivity contribution >= 4 is 17.8 Å². The molecule has 1 heterocycles. The van der Waals surface area contributed by atoms with Crippen molar-refractivity contribution in [3.05, 3.63) is 0 Å². The number of hydroxylamine groups is 2. The van der Waals surface area contributed by atoms with Crippen molar-refractivity contribution in [3.8, 4) is 0 Å². The summed E-state index contributed by atoms with van der Waals surface area (Å²) in [6.45, 7) is 13.7. The Labute approximate surface area is 331 Å².